The number of aromatic carboxylic acids is 1. The number of nitrogens with one attached hydrogen (secondary N) is 6. The number of rotatable bonds is 24. The Bertz CT molecular complexity index is 7200. The molecule has 3 aliphatic heterocycles. The normalized spacial score (nSPS) is 21.5. The highest BCUT2D eigenvalue weighted by Crippen LogP contribution is 2.55. The lowest BCUT2D eigenvalue weighted by molar-refractivity contribution is -0.174. The van der Waals surface area contributed by atoms with E-state index in [0.29, 0.717) is 126 Å². The number of hydrogen-bond donors (Lipinski definition) is 9. The largest absolute Gasteiger partial charge is 0.477 e. The molecule has 11 N–H and O–H groups in total. The van der Waals surface area contributed by atoms with Gasteiger partial charge in [-0.15, -0.1) is 0 Å². The number of pyridine rings is 3. The molecule has 24 rings (SSSR count). The van der Waals surface area contributed by atoms with Crippen LogP contribution in [-0.4, -0.2) is 218 Å². The van der Waals surface area contributed by atoms with Gasteiger partial charge >= 0.3 is 5.97 Å². The van der Waals surface area contributed by atoms with Gasteiger partial charge in [0.05, 0.1) is 88.2 Å². The fourth-order valence-electron chi connectivity index (χ4n) is 18.3. The van der Waals surface area contributed by atoms with Crippen LogP contribution in [-0.2, 0) is 33.8 Å². The Morgan fingerprint density at radius 2 is 0.752 bits per heavy atom. The van der Waals surface area contributed by atoms with Crippen molar-refractivity contribution in [3.63, 3.8) is 0 Å². The lowest BCUT2D eigenvalue weighted by atomic mass is 9.64. The third-order valence-corrected chi connectivity index (χ3v) is 27.3. The maximum absolute atomic E-state index is 13.5. The first-order chi connectivity index (χ1) is 67.9. The zero-order chi connectivity index (χ0) is 98.5. The van der Waals surface area contributed by atoms with Crippen molar-refractivity contribution in [1.29, 1.82) is 0 Å². The summed E-state index contributed by atoms with van der Waals surface area (Å²) >= 11 is 12.2. The van der Waals surface area contributed by atoms with Gasteiger partial charge in [0.15, 0.2) is 22.6 Å². The maximum atomic E-state index is 13.5. The van der Waals surface area contributed by atoms with Crippen LogP contribution in [0, 0.1) is 16.2 Å². The highest BCUT2D eigenvalue weighted by atomic mass is 35.5. The van der Waals surface area contributed by atoms with Crippen LogP contribution in [0.25, 0.3) is 22.6 Å². The smallest absolute Gasteiger partial charge is 0.341 e. The van der Waals surface area contributed by atoms with Gasteiger partial charge in [-0.3, -0.25) is 28.8 Å². The quantitative estimate of drug-likeness (QED) is 0.0200. The van der Waals surface area contributed by atoms with Crippen molar-refractivity contribution in [2.45, 2.75) is 151 Å². The van der Waals surface area contributed by atoms with E-state index in [9.17, 15) is 56.2 Å². The SMILES string of the molecule is CN(Cc1ccccc1)c1cc(Cl)nc2c(C(=O)N[C@@H]3C[C@@H]3F)cnn12.CN(Cc1ccccc1)c1cc(Cl)nc2c(C(=O)O)cnn12.CN(Cc1ccccc1)c1cc(Nc2cccn(C3CC4(COC4)C3)c2=O)nc2c(C(=O)N[C@@H]3C[C@@H]3F)cnn12.CNc1cc(Nc2cccn(C3CC4(COC4)C3)c2=O)nc2c(C(=O)N[C@@H]3C[C@@H]3F)cnn12.N[C@@H]1C[C@@H]1F.Nc1cccn(C2CC3(COC3)C2)c1=O. The van der Waals surface area contributed by atoms with Gasteiger partial charge in [0.1, 0.15) is 104 Å². The molecule has 10 fully saturated rings. The van der Waals surface area contributed by atoms with Crippen molar-refractivity contribution in [3.8, 4) is 0 Å². The summed E-state index contributed by atoms with van der Waals surface area (Å²) in [4.78, 5) is 111. The van der Waals surface area contributed by atoms with Crippen molar-refractivity contribution in [2.24, 2.45) is 22.0 Å². The topological polar surface area (TPSA) is 437 Å². The van der Waals surface area contributed by atoms with E-state index in [1.165, 1.54) is 33.8 Å². The summed E-state index contributed by atoms with van der Waals surface area (Å²) in [7, 11) is 7.46. The first kappa shape index (κ1) is 95.5. The number of hydrogen-bond acceptors (Lipinski definition) is 26. The molecule has 8 atom stereocenters. The Balaban J connectivity index is 0.000000114. The van der Waals surface area contributed by atoms with Gasteiger partial charge < -0.3 is 91.1 Å². The lowest BCUT2D eigenvalue weighted by Crippen LogP contribution is -2.53. The second-order valence-electron chi connectivity index (χ2n) is 37.9. The highest BCUT2D eigenvalue weighted by Gasteiger charge is 2.53. The number of alkyl halides is 4. The summed E-state index contributed by atoms with van der Waals surface area (Å²) in [6.07, 6.45) is 14.8. The molecule has 7 saturated carbocycles. The third-order valence-electron chi connectivity index (χ3n) is 26.9. The van der Waals surface area contributed by atoms with Gasteiger partial charge in [-0.25, -0.2) is 42.3 Å². The molecule has 0 unspecified atom stereocenters. The second kappa shape index (κ2) is 39.7. The third kappa shape index (κ3) is 20.8. The van der Waals surface area contributed by atoms with Gasteiger partial charge in [-0.2, -0.15) is 38.5 Å². The molecule has 14 aromatic rings. The zero-order valence-corrected chi connectivity index (χ0v) is 78.8. The van der Waals surface area contributed by atoms with E-state index >= 15 is 0 Å². The van der Waals surface area contributed by atoms with E-state index in [4.69, 9.17) is 48.9 Å². The number of ether oxygens (including phenoxy) is 3. The molecule has 11 aromatic heterocycles. The minimum atomic E-state index is -1.08. The number of anilines is 9. The number of benzene rings is 3. The minimum Gasteiger partial charge on any atom is -0.477 e. The Morgan fingerprint density at radius 1 is 0.440 bits per heavy atom. The van der Waals surface area contributed by atoms with Gasteiger partial charge in [0, 0.05) is 150 Å². The van der Waals surface area contributed by atoms with Gasteiger partial charge in [-0.05, 0) is 98.0 Å². The minimum absolute atomic E-state index is 0.0249. The van der Waals surface area contributed by atoms with Crippen LogP contribution in [0.2, 0.25) is 10.3 Å². The van der Waals surface area contributed by atoms with Crippen LogP contribution < -0.4 is 74.7 Å². The number of nitrogen functional groups attached to an aromatic ring is 1. The maximum Gasteiger partial charge on any atom is 0.341 e. The molecule has 734 valence electrons. The average Bonchev–Trinajstić information content (AvgIpc) is 1.74. The molecule has 37 nitrogen and oxygen atoms in total. The number of carbonyl (C=O) groups is 4. The van der Waals surface area contributed by atoms with E-state index in [2.05, 4.69) is 72.2 Å². The van der Waals surface area contributed by atoms with Crippen LogP contribution in [0.15, 0.2) is 209 Å². The predicted molar refractivity (Wildman–Crippen MR) is 522 cm³/mol. The molecule has 0 radical (unpaired) electrons. The molecule has 3 aromatic carbocycles. The molecule has 3 saturated heterocycles. The Hall–Kier alpha value is -14.4. The van der Waals surface area contributed by atoms with Crippen LogP contribution >= 0.6 is 23.2 Å². The molecular formula is C98H104Cl2F4N26O11. The lowest BCUT2D eigenvalue weighted by Gasteiger charge is -2.53. The number of nitrogens with zero attached hydrogens (tertiary/aromatic N) is 18. The van der Waals surface area contributed by atoms with E-state index in [1.54, 1.807) is 66.2 Å². The molecule has 43 heteroatoms. The summed E-state index contributed by atoms with van der Waals surface area (Å²) in [5.74, 6) is 1.10. The highest BCUT2D eigenvalue weighted by molar-refractivity contribution is 6.30. The number of carbonyl (C=O) groups excluding carboxylic acids is 3. The number of nitrogens with two attached hydrogens (primary N) is 2. The van der Waals surface area contributed by atoms with Gasteiger partial charge in [0.2, 0.25) is 0 Å². The fourth-order valence-corrected chi connectivity index (χ4v) is 18.7. The Morgan fingerprint density at radius 3 is 1.09 bits per heavy atom. The van der Waals surface area contributed by atoms with Crippen molar-refractivity contribution < 1.29 is 56.1 Å². The summed E-state index contributed by atoms with van der Waals surface area (Å²) in [6, 6.07) is 46.5. The van der Waals surface area contributed by atoms with E-state index in [-0.39, 0.29) is 83.8 Å². The number of fused-ring (bicyclic) bond motifs is 4. The Labute approximate surface area is 813 Å². The summed E-state index contributed by atoms with van der Waals surface area (Å²) in [6.45, 7) is 6.68. The summed E-state index contributed by atoms with van der Waals surface area (Å²) in [5.41, 5.74) is 17.6. The average molecular weight is 1970 g/mol. The van der Waals surface area contributed by atoms with Gasteiger partial charge in [-0.1, -0.05) is 114 Å². The van der Waals surface area contributed by atoms with Crippen molar-refractivity contribution in [2.75, 3.05) is 104 Å². The second-order valence-corrected chi connectivity index (χ2v) is 38.7. The number of aromatic nitrogens is 15. The van der Waals surface area contributed by atoms with Gasteiger partial charge in [0.25, 0.3) is 34.4 Å². The Kier molecular flexibility index (Phi) is 26.9. The van der Waals surface area contributed by atoms with Crippen LogP contribution in [0.1, 0.15) is 140 Å². The predicted octanol–water partition coefficient (Wildman–Crippen LogP) is 11.7. The molecule has 3 amide bonds. The summed E-state index contributed by atoms with van der Waals surface area (Å²) in [5, 5.41) is 44.1. The van der Waals surface area contributed by atoms with Crippen molar-refractivity contribution >= 4 is 121 Å². The number of halogens is 6. The van der Waals surface area contributed by atoms with E-state index < -0.39 is 66.5 Å². The molecule has 3 spiro atoms. The number of amides is 3. The van der Waals surface area contributed by atoms with Crippen LogP contribution in [0.3, 0.4) is 0 Å². The molecular weight excluding hydrogens is 1860 g/mol. The molecule has 0 bridgehead atoms. The zero-order valence-electron chi connectivity index (χ0n) is 77.3. The van der Waals surface area contributed by atoms with Crippen molar-refractivity contribution in [1.82, 2.24) is 88.0 Å². The number of carboxylic acids is 1. The van der Waals surface area contributed by atoms with Crippen LogP contribution in [0.5, 0.6) is 0 Å². The monoisotopic (exact) mass is 1970 g/mol. The van der Waals surface area contributed by atoms with E-state index in [0.717, 1.165) is 94.9 Å². The number of carboxylic acid groups (broad SMARTS) is 1. The summed E-state index contributed by atoms with van der Waals surface area (Å²) < 4.78 is 78.6. The first-order valence-electron chi connectivity index (χ1n) is 46.4. The van der Waals surface area contributed by atoms with Crippen molar-refractivity contribution in [3.05, 3.63) is 275 Å². The standard InChI is InChI=1S/C29H30FN7O3.C22H24FN7O3.C18H17ClFN5O.C15H13ClN4O2.C11H14N2O2.C3H6FN/c1-35(15-18-6-3-2-4-7-18)25-11-24(34-26-20(14-31-37(25)26)27(38)33-23-10-21(23)30)32-22-8-5-9-36(28(22)39)19-12-29(13-19)16-40-17-29;1-24-18-6-17(28-19-13(9-25-30(18)19)20(31)27-16-5-14(16)23)26-15-3-2-4-29(21(15)32)12-7-22(8-12)10-33-11-22;1-24(10-11-5-3-2-4-6-11)16-8-15(19)23-17-12(9-21-25(16)17)18(26)22-14-7-13(14)20;1-19(9-10-5-3-2-4-6-10)13-7-12(16)18-14-11(15(21)22)8-17-20(13)14;12-9-2-1-3-13(10(9)14)8-4-11(5-8)6-15-7-11;4-2-1-3(2)5/h2-9,11,14,19,21,23H,10,12-13,15-17H2,1H3,(H,32,34)(H,33,38);2-4,6,9,12,14,16,24H,5,7-8,10-11H2,1H3,(H,26,28)(H,27,31);2-6,8-9,13-14H,7,10H2,1H3,(H,22,26);2-8H,9H2,1H3,(H,21,22);1-3,8H,4-7,12H2;2-3H,1,5H2/t21-,23+;14-,16+;13-,14+;;;2-,3+/m000..0/s1. The molecule has 14 heterocycles. The molecule has 7 aliphatic carbocycles. The first-order valence-corrected chi connectivity index (χ1v) is 47.1. The molecule has 10 aliphatic rings. The van der Waals surface area contributed by atoms with E-state index in [1.807, 2.05) is 170 Å². The fraction of sp³-hybridized carbons (Fsp3) is 0.378. The molecule has 141 heavy (non-hydrogen) atoms. The van der Waals surface area contributed by atoms with Crippen LogP contribution in [0.4, 0.5) is 69.5 Å².